The first kappa shape index (κ1) is 13.2. The van der Waals surface area contributed by atoms with Crippen LogP contribution < -0.4 is 0 Å². The van der Waals surface area contributed by atoms with E-state index in [9.17, 15) is 10.2 Å². The lowest BCUT2D eigenvalue weighted by Gasteiger charge is -2.03. The Hall–Kier alpha value is -2.82. The van der Waals surface area contributed by atoms with E-state index in [0.717, 1.165) is 22.9 Å². The van der Waals surface area contributed by atoms with Crippen molar-refractivity contribution in [1.82, 2.24) is 10.2 Å². The van der Waals surface area contributed by atoms with Crippen LogP contribution in [0.2, 0.25) is 0 Å². The van der Waals surface area contributed by atoms with Crippen LogP contribution >= 0.6 is 0 Å². The van der Waals surface area contributed by atoms with Gasteiger partial charge in [0, 0.05) is 17.2 Å². The number of aryl methyl sites for hydroxylation is 1. The van der Waals surface area contributed by atoms with Gasteiger partial charge >= 0.3 is 0 Å². The number of hydrogen-bond acceptors (Lipinski definition) is 4. The number of benzene rings is 2. The third kappa shape index (κ3) is 2.45. The minimum absolute atomic E-state index is 0.113. The highest BCUT2D eigenvalue weighted by atomic mass is 16.3. The van der Waals surface area contributed by atoms with Gasteiger partial charge in [-0.2, -0.15) is 5.10 Å². The Morgan fingerprint density at radius 2 is 2.00 bits per heavy atom. The van der Waals surface area contributed by atoms with E-state index < -0.39 is 0 Å². The molecule has 2 aromatic carbocycles. The molecule has 106 valence electrons. The summed E-state index contributed by atoms with van der Waals surface area (Å²) in [4.78, 5) is 4.30. The number of rotatable bonds is 3. The quantitative estimate of drug-likeness (QED) is 0.644. The summed E-state index contributed by atoms with van der Waals surface area (Å²) in [6.45, 7) is 2.04. The first-order valence-corrected chi connectivity index (χ1v) is 6.70. The Kier molecular flexibility index (Phi) is 3.31. The van der Waals surface area contributed by atoms with Gasteiger partial charge in [0.2, 0.25) is 0 Å². The van der Waals surface area contributed by atoms with E-state index in [1.807, 2.05) is 19.1 Å². The zero-order valence-corrected chi connectivity index (χ0v) is 11.5. The third-order valence-electron chi connectivity index (χ3n) is 3.42. The molecule has 0 unspecified atom stereocenters. The van der Waals surface area contributed by atoms with Gasteiger partial charge in [0.15, 0.2) is 0 Å². The predicted molar refractivity (Wildman–Crippen MR) is 82.5 cm³/mol. The second kappa shape index (κ2) is 5.28. The maximum Gasteiger partial charge on any atom is 0.141 e. The topological polar surface area (TPSA) is 81.5 Å². The number of hydrogen-bond donors (Lipinski definition) is 3. The maximum absolute atomic E-state index is 9.98. The Morgan fingerprint density at radius 1 is 1.19 bits per heavy atom. The Bertz CT molecular complexity index is 822. The number of phenols is 2. The van der Waals surface area contributed by atoms with E-state index in [4.69, 9.17) is 0 Å². The van der Waals surface area contributed by atoms with Crippen molar-refractivity contribution in [2.45, 2.75) is 13.3 Å². The molecule has 21 heavy (non-hydrogen) atoms. The summed E-state index contributed by atoms with van der Waals surface area (Å²) in [5.41, 5.74) is 2.96. The molecule has 3 aromatic rings. The second-order valence-electron chi connectivity index (χ2n) is 4.76. The molecule has 0 bridgehead atoms. The average molecular weight is 281 g/mol. The van der Waals surface area contributed by atoms with Crippen molar-refractivity contribution >= 4 is 22.8 Å². The number of fused-ring (bicyclic) bond motifs is 1. The van der Waals surface area contributed by atoms with Crippen LogP contribution in [0, 0.1) is 0 Å². The number of H-pyrrole nitrogens is 1. The van der Waals surface area contributed by atoms with E-state index >= 15 is 0 Å². The Balaban J connectivity index is 2.05. The van der Waals surface area contributed by atoms with Crippen LogP contribution in [0.1, 0.15) is 18.1 Å². The molecule has 0 spiro atoms. The molecule has 0 atom stereocenters. The van der Waals surface area contributed by atoms with Crippen molar-refractivity contribution in [2.75, 3.05) is 0 Å². The highest BCUT2D eigenvalue weighted by molar-refractivity contribution is 6.01. The molecule has 0 saturated heterocycles. The monoisotopic (exact) mass is 281 g/mol. The molecule has 0 saturated carbocycles. The molecular formula is C16H15N3O2. The van der Waals surface area contributed by atoms with Crippen LogP contribution in [0.5, 0.6) is 11.5 Å². The summed E-state index contributed by atoms with van der Waals surface area (Å²) >= 11 is 0. The van der Waals surface area contributed by atoms with Crippen molar-refractivity contribution in [3.05, 3.63) is 47.7 Å². The van der Waals surface area contributed by atoms with Gasteiger partial charge in [0.1, 0.15) is 17.2 Å². The molecule has 0 fully saturated rings. The SMILES string of the molecule is CCc1ccc(O)c(/N=C/c2c(O)ccc3[nH]ncc23)c1. The molecule has 0 aliphatic carbocycles. The fourth-order valence-electron chi connectivity index (χ4n) is 2.19. The van der Waals surface area contributed by atoms with Gasteiger partial charge in [-0.15, -0.1) is 0 Å². The van der Waals surface area contributed by atoms with E-state index in [-0.39, 0.29) is 11.5 Å². The average Bonchev–Trinajstić information content (AvgIpc) is 2.96. The van der Waals surface area contributed by atoms with Gasteiger partial charge in [-0.1, -0.05) is 13.0 Å². The number of phenolic OH excluding ortho intramolecular Hbond substituents is 2. The number of aromatic nitrogens is 2. The zero-order chi connectivity index (χ0) is 14.8. The largest absolute Gasteiger partial charge is 0.507 e. The first-order valence-electron chi connectivity index (χ1n) is 6.70. The number of nitrogens with zero attached hydrogens (tertiary/aromatic N) is 2. The van der Waals surface area contributed by atoms with Gasteiger partial charge in [-0.05, 0) is 36.2 Å². The van der Waals surface area contributed by atoms with Crippen molar-refractivity contribution in [2.24, 2.45) is 4.99 Å². The lowest BCUT2D eigenvalue weighted by atomic mass is 10.1. The smallest absolute Gasteiger partial charge is 0.141 e. The lowest BCUT2D eigenvalue weighted by molar-refractivity contribution is 0.474. The van der Waals surface area contributed by atoms with E-state index in [0.29, 0.717) is 11.3 Å². The van der Waals surface area contributed by atoms with Crippen molar-refractivity contribution in [1.29, 1.82) is 0 Å². The van der Waals surface area contributed by atoms with Crippen molar-refractivity contribution < 1.29 is 10.2 Å². The first-order chi connectivity index (χ1) is 10.2. The van der Waals surface area contributed by atoms with E-state index in [1.165, 1.54) is 0 Å². The Morgan fingerprint density at radius 3 is 2.81 bits per heavy atom. The lowest BCUT2D eigenvalue weighted by Crippen LogP contribution is -1.85. The van der Waals surface area contributed by atoms with Gasteiger partial charge in [-0.25, -0.2) is 0 Å². The zero-order valence-electron chi connectivity index (χ0n) is 11.5. The molecular weight excluding hydrogens is 266 g/mol. The third-order valence-corrected chi connectivity index (χ3v) is 3.42. The van der Waals surface area contributed by atoms with Crippen molar-refractivity contribution in [3.63, 3.8) is 0 Å². The van der Waals surface area contributed by atoms with Crippen LogP contribution in [0.15, 0.2) is 41.5 Å². The number of aromatic amines is 1. The molecule has 3 rings (SSSR count). The van der Waals surface area contributed by atoms with Gasteiger partial charge < -0.3 is 10.2 Å². The van der Waals surface area contributed by atoms with Crippen LogP contribution in [0.4, 0.5) is 5.69 Å². The van der Waals surface area contributed by atoms with Gasteiger partial charge in [-0.3, -0.25) is 10.1 Å². The highest BCUT2D eigenvalue weighted by Crippen LogP contribution is 2.29. The molecule has 5 nitrogen and oxygen atoms in total. The van der Waals surface area contributed by atoms with E-state index in [2.05, 4.69) is 15.2 Å². The maximum atomic E-state index is 9.98. The second-order valence-corrected chi connectivity index (χ2v) is 4.76. The minimum atomic E-state index is 0.113. The standard InChI is InChI=1S/C16H15N3O2/c1-2-10-3-5-16(21)14(7-10)17-8-12-11-9-18-19-13(11)4-6-15(12)20/h3-9,20-21H,2H2,1H3,(H,18,19)/b17-8+. The predicted octanol–water partition coefficient (Wildman–Crippen LogP) is 3.29. The molecule has 1 aromatic heterocycles. The summed E-state index contributed by atoms with van der Waals surface area (Å²) in [6, 6.07) is 8.67. The number of aliphatic imine (C=N–C) groups is 1. The molecule has 5 heteroatoms. The minimum Gasteiger partial charge on any atom is -0.507 e. The summed E-state index contributed by atoms with van der Waals surface area (Å²) in [7, 11) is 0. The van der Waals surface area contributed by atoms with Gasteiger partial charge in [0.25, 0.3) is 0 Å². The summed E-state index contributed by atoms with van der Waals surface area (Å²) in [5.74, 6) is 0.237. The fourth-order valence-corrected chi connectivity index (χ4v) is 2.19. The van der Waals surface area contributed by atoms with E-state index in [1.54, 1.807) is 30.6 Å². The van der Waals surface area contributed by atoms with Crippen LogP contribution in [-0.4, -0.2) is 26.6 Å². The molecule has 0 aliphatic rings. The normalized spacial score (nSPS) is 11.5. The van der Waals surface area contributed by atoms with Crippen LogP contribution in [0.3, 0.4) is 0 Å². The Labute approximate surface area is 121 Å². The van der Waals surface area contributed by atoms with Crippen molar-refractivity contribution in [3.8, 4) is 11.5 Å². The summed E-state index contributed by atoms with van der Waals surface area (Å²) < 4.78 is 0. The summed E-state index contributed by atoms with van der Waals surface area (Å²) in [5, 5.41) is 27.4. The number of nitrogens with one attached hydrogen (secondary N) is 1. The molecule has 3 N–H and O–H groups in total. The number of aromatic hydroxyl groups is 2. The molecule has 0 radical (unpaired) electrons. The van der Waals surface area contributed by atoms with Gasteiger partial charge in [0.05, 0.1) is 11.7 Å². The summed E-state index contributed by atoms with van der Waals surface area (Å²) in [6.07, 6.45) is 4.05. The van der Waals surface area contributed by atoms with Crippen LogP contribution in [-0.2, 0) is 6.42 Å². The molecule has 0 amide bonds. The molecule has 1 heterocycles. The van der Waals surface area contributed by atoms with Crippen LogP contribution in [0.25, 0.3) is 10.9 Å². The fraction of sp³-hybridized carbons (Fsp3) is 0.125. The highest BCUT2D eigenvalue weighted by Gasteiger charge is 2.07. The molecule has 0 aliphatic heterocycles.